The van der Waals surface area contributed by atoms with Crippen LogP contribution in [0.25, 0.3) is 0 Å². The Balaban J connectivity index is 2.12. The molecule has 0 saturated carbocycles. The molecular formula is C14H19BrN2O. The highest BCUT2D eigenvalue weighted by Crippen LogP contribution is 2.28. The predicted octanol–water partition coefficient (Wildman–Crippen LogP) is 2.33. The molecule has 2 N–H and O–H groups in total. The van der Waals surface area contributed by atoms with Crippen molar-refractivity contribution in [1.82, 2.24) is 4.90 Å². The van der Waals surface area contributed by atoms with Crippen LogP contribution in [0.2, 0.25) is 0 Å². The molecule has 1 unspecified atom stereocenters. The van der Waals surface area contributed by atoms with E-state index in [1.165, 1.54) is 0 Å². The molecule has 0 aliphatic carbocycles. The lowest BCUT2D eigenvalue weighted by molar-refractivity contribution is -0.133. The van der Waals surface area contributed by atoms with Gasteiger partial charge in [-0.05, 0) is 31.9 Å². The van der Waals surface area contributed by atoms with Gasteiger partial charge in [0.1, 0.15) is 0 Å². The summed E-state index contributed by atoms with van der Waals surface area (Å²) in [5, 5.41) is 0. The molecule has 1 amide bonds. The molecule has 2 rings (SSSR count). The van der Waals surface area contributed by atoms with Crippen LogP contribution in [0.15, 0.2) is 28.7 Å². The van der Waals surface area contributed by atoms with E-state index in [1.807, 2.05) is 43.0 Å². The van der Waals surface area contributed by atoms with Crippen molar-refractivity contribution < 1.29 is 4.79 Å². The molecule has 0 radical (unpaired) electrons. The van der Waals surface area contributed by atoms with Crippen molar-refractivity contribution in [3.05, 3.63) is 34.3 Å². The minimum absolute atomic E-state index is 0.0701. The Morgan fingerprint density at radius 1 is 1.50 bits per heavy atom. The van der Waals surface area contributed by atoms with Gasteiger partial charge in [-0.3, -0.25) is 4.79 Å². The van der Waals surface area contributed by atoms with Crippen LogP contribution in [0.1, 0.15) is 25.8 Å². The Morgan fingerprint density at radius 3 is 2.72 bits per heavy atom. The molecule has 4 heteroatoms. The van der Waals surface area contributed by atoms with Crippen LogP contribution in [0.5, 0.6) is 0 Å². The van der Waals surface area contributed by atoms with Gasteiger partial charge in [0.15, 0.2) is 0 Å². The van der Waals surface area contributed by atoms with Crippen molar-refractivity contribution in [1.29, 1.82) is 0 Å². The fourth-order valence-electron chi connectivity index (χ4n) is 2.46. The van der Waals surface area contributed by atoms with E-state index in [1.54, 1.807) is 0 Å². The van der Waals surface area contributed by atoms with Crippen LogP contribution in [0.3, 0.4) is 0 Å². The Labute approximate surface area is 116 Å². The molecule has 98 valence electrons. The average molecular weight is 311 g/mol. The topological polar surface area (TPSA) is 46.3 Å². The standard InChI is InChI=1S/C14H19BrN2O/c1-14(2)12(16)7-8-17(14)13(18)9-10-5-3-4-6-11(10)15/h3-6,12H,7-9,16H2,1-2H3. The SMILES string of the molecule is CC1(C)C(N)CCN1C(=O)Cc1ccccc1Br. The van der Waals surface area contributed by atoms with E-state index in [0.29, 0.717) is 6.42 Å². The van der Waals surface area contributed by atoms with Crippen molar-refractivity contribution >= 4 is 21.8 Å². The molecule has 0 aromatic heterocycles. The highest BCUT2D eigenvalue weighted by molar-refractivity contribution is 9.10. The molecular weight excluding hydrogens is 292 g/mol. The summed E-state index contributed by atoms with van der Waals surface area (Å²) in [4.78, 5) is 14.3. The molecule has 0 spiro atoms. The summed E-state index contributed by atoms with van der Waals surface area (Å²) in [7, 11) is 0. The van der Waals surface area contributed by atoms with E-state index in [2.05, 4.69) is 15.9 Å². The second-order valence-corrected chi connectivity index (χ2v) is 6.22. The van der Waals surface area contributed by atoms with Gasteiger partial charge in [-0.2, -0.15) is 0 Å². The number of likely N-dealkylation sites (tertiary alicyclic amines) is 1. The summed E-state index contributed by atoms with van der Waals surface area (Å²) in [6.07, 6.45) is 1.31. The summed E-state index contributed by atoms with van der Waals surface area (Å²) >= 11 is 3.48. The lowest BCUT2D eigenvalue weighted by Crippen LogP contribution is -2.51. The third kappa shape index (κ3) is 2.45. The van der Waals surface area contributed by atoms with Crippen LogP contribution >= 0.6 is 15.9 Å². The number of amides is 1. The van der Waals surface area contributed by atoms with Gasteiger partial charge in [0.05, 0.1) is 12.0 Å². The van der Waals surface area contributed by atoms with Gasteiger partial charge in [0.25, 0.3) is 0 Å². The number of benzene rings is 1. The maximum Gasteiger partial charge on any atom is 0.227 e. The number of halogens is 1. The lowest BCUT2D eigenvalue weighted by atomic mass is 9.96. The third-order valence-corrected chi connectivity index (χ3v) is 4.64. The van der Waals surface area contributed by atoms with Gasteiger partial charge >= 0.3 is 0 Å². The third-order valence-electron chi connectivity index (χ3n) is 3.87. The van der Waals surface area contributed by atoms with E-state index in [-0.39, 0.29) is 17.5 Å². The van der Waals surface area contributed by atoms with E-state index < -0.39 is 0 Å². The molecule has 1 saturated heterocycles. The van der Waals surface area contributed by atoms with Crippen LogP contribution in [0, 0.1) is 0 Å². The van der Waals surface area contributed by atoms with Crippen LogP contribution < -0.4 is 5.73 Å². The quantitative estimate of drug-likeness (QED) is 0.911. The van der Waals surface area contributed by atoms with Crippen molar-refractivity contribution in [3.63, 3.8) is 0 Å². The fraction of sp³-hybridized carbons (Fsp3) is 0.500. The first-order valence-corrected chi connectivity index (χ1v) is 7.01. The first-order chi connectivity index (χ1) is 8.43. The first-order valence-electron chi connectivity index (χ1n) is 6.22. The summed E-state index contributed by atoms with van der Waals surface area (Å²) in [5.74, 6) is 0.153. The van der Waals surface area contributed by atoms with E-state index in [4.69, 9.17) is 5.73 Å². The van der Waals surface area contributed by atoms with E-state index in [9.17, 15) is 4.79 Å². The minimum Gasteiger partial charge on any atom is -0.336 e. The fourth-order valence-corrected chi connectivity index (χ4v) is 2.88. The molecule has 1 fully saturated rings. The Kier molecular flexibility index (Phi) is 3.78. The zero-order valence-electron chi connectivity index (χ0n) is 10.8. The van der Waals surface area contributed by atoms with Crippen molar-refractivity contribution in [2.24, 2.45) is 5.73 Å². The minimum atomic E-state index is -0.238. The smallest absolute Gasteiger partial charge is 0.227 e. The first kappa shape index (κ1) is 13.6. The summed E-state index contributed by atoms with van der Waals surface area (Å²) in [5.41, 5.74) is 6.85. The molecule has 1 heterocycles. The monoisotopic (exact) mass is 310 g/mol. The second kappa shape index (κ2) is 5.02. The highest BCUT2D eigenvalue weighted by Gasteiger charge is 2.41. The van der Waals surface area contributed by atoms with Crippen molar-refractivity contribution in [3.8, 4) is 0 Å². The van der Waals surface area contributed by atoms with Crippen LogP contribution in [0.4, 0.5) is 0 Å². The van der Waals surface area contributed by atoms with Crippen molar-refractivity contribution in [2.75, 3.05) is 6.54 Å². The molecule has 0 bridgehead atoms. The van der Waals surface area contributed by atoms with E-state index in [0.717, 1.165) is 23.0 Å². The molecule has 1 aliphatic heterocycles. The van der Waals surface area contributed by atoms with Gasteiger partial charge in [-0.25, -0.2) is 0 Å². The van der Waals surface area contributed by atoms with Gasteiger partial charge in [0.2, 0.25) is 5.91 Å². The number of carbonyl (C=O) groups is 1. The van der Waals surface area contributed by atoms with E-state index >= 15 is 0 Å². The second-order valence-electron chi connectivity index (χ2n) is 5.36. The Hall–Kier alpha value is -0.870. The lowest BCUT2D eigenvalue weighted by Gasteiger charge is -2.34. The van der Waals surface area contributed by atoms with Gasteiger partial charge in [-0.1, -0.05) is 34.1 Å². The zero-order chi connectivity index (χ0) is 13.3. The number of hydrogen-bond acceptors (Lipinski definition) is 2. The summed E-state index contributed by atoms with van der Waals surface area (Å²) in [6.45, 7) is 4.85. The van der Waals surface area contributed by atoms with Gasteiger partial charge < -0.3 is 10.6 Å². The molecule has 1 aliphatic rings. The largest absolute Gasteiger partial charge is 0.336 e. The zero-order valence-corrected chi connectivity index (χ0v) is 12.4. The Bertz CT molecular complexity index is 459. The van der Waals surface area contributed by atoms with Crippen LogP contribution in [-0.2, 0) is 11.2 Å². The van der Waals surface area contributed by atoms with Crippen LogP contribution in [-0.4, -0.2) is 28.9 Å². The number of carbonyl (C=O) groups excluding carboxylic acids is 1. The maximum atomic E-state index is 12.4. The predicted molar refractivity (Wildman–Crippen MR) is 76.2 cm³/mol. The number of nitrogens with two attached hydrogens (primary N) is 1. The molecule has 1 aromatic carbocycles. The summed E-state index contributed by atoms with van der Waals surface area (Å²) in [6, 6.07) is 7.91. The molecule has 18 heavy (non-hydrogen) atoms. The number of nitrogens with zero attached hydrogens (tertiary/aromatic N) is 1. The van der Waals surface area contributed by atoms with Gasteiger partial charge in [-0.15, -0.1) is 0 Å². The molecule has 1 atom stereocenters. The molecule has 3 nitrogen and oxygen atoms in total. The number of rotatable bonds is 2. The van der Waals surface area contributed by atoms with Crippen molar-refractivity contribution in [2.45, 2.75) is 38.3 Å². The highest BCUT2D eigenvalue weighted by atomic mass is 79.9. The number of hydrogen-bond donors (Lipinski definition) is 1. The normalized spacial score (nSPS) is 22.2. The molecule has 1 aromatic rings. The maximum absolute atomic E-state index is 12.4. The average Bonchev–Trinajstić information content (AvgIpc) is 2.57. The van der Waals surface area contributed by atoms with Gasteiger partial charge in [0, 0.05) is 17.1 Å². The Morgan fingerprint density at radius 2 is 2.17 bits per heavy atom. The summed E-state index contributed by atoms with van der Waals surface area (Å²) < 4.78 is 0.986.